The number of rotatable bonds is 5. The molecule has 0 saturated carbocycles. The van der Waals surface area contributed by atoms with Gasteiger partial charge in [0.25, 0.3) is 0 Å². The van der Waals surface area contributed by atoms with Gasteiger partial charge in [-0.3, -0.25) is 9.78 Å². The van der Waals surface area contributed by atoms with Crippen molar-refractivity contribution in [3.05, 3.63) is 48.3 Å². The molecule has 0 radical (unpaired) electrons. The summed E-state index contributed by atoms with van der Waals surface area (Å²) in [6, 6.07) is 8.39. The predicted octanol–water partition coefficient (Wildman–Crippen LogP) is 1.33. The van der Waals surface area contributed by atoms with E-state index in [1.807, 2.05) is 6.07 Å². The van der Waals surface area contributed by atoms with Gasteiger partial charge in [-0.2, -0.15) is 4.31 Å². The third-order valence-corrected chi connectivity index (χ3v) is 6.71. The van der Waals surface area contributed by atoms with Gasteiger partial charge in [-0.15, -0.1) is 0 Å². The number of carbonyl (C=O) groups is 1. The van der Waals surface area contributed by atoms with Crippen molar-refractivity contribution < 1.29 is 17.8 Å². The van der Waals surface area contributed by atoms with Crippen LogP contribution in [0.25, 0.3) is 11.0 Å². The summed E-state index contributed by atoms with van der Waals surface area (Å²) in [7, 11) is -3.81. The van der Waals surface area contributed by atoms with Crippen LogP contribution in [0, 0.1) is 5.92 Å². The minimum Gasteiger partial charge on any atom is -0.352 e. The van der Waals surface area contributed by atoms with E-state index in [9.17, 15) is 13.2 Å². The largest absolute Gasteiger partial charge is 0.352 e. The van der Waals surface area contributed by atoms with E-state index in [2.05, 4.69) is 25.2 Å². The fourth-order valence-electron chi connectivity index (χ4n) is 3.34. The van der Waals surface area contributed by atoms with Crippen molar-refractivity contribution in [1.29, 1.82) is 0 Å². The number of piperidine rings is 1. The van der Waals surface area contributed by atoms with E-state index in [-0.39, 0.29) is 22.9 Å². The summed E-state index contributed by atoms with van der Waals surface area (Å²) < 4.78 is 32.3. The molecule has 10 heteroatoms. The SMILES string of the molecule is O=C(NCc1cccnc1)C1CCCN(S(=O)(=O)c2cccc3nonc23)C1. The molecule has 3 heterocycles. The second-order valence-electron chi connectivity index (χ2n) is 6.67. The Bertz CT molecular complexity index is 1080. The maximum atomic E-state index is 13.1. The van der Waals surface area contributed by atoms with Gasteiger partial charge >= 0.3 is 0 Å². The highest BCUT2D eigenvalue weighted by molar-refractivity contribution is 7.89. The van der Waals surface area contributed by atoms with E-state index in [0.717, 1.165) is 5.56 Å². The molecule has 2 aromatic heterocycles. The van der Waals surface area contributed by atoms with Gasteiger partial charge in [0, 0.05) is 32.0 Å². The summed E-state index contributed by atoms with van der Waals surface area (Å²) in [5.41, 5.74) is 1.47. The Labute approximate surface area is 161 Å². The molecule has 1 amide bonds. The van der Waals surface area contributed by atoms with Crippen LogP contribution in [0.4, 0.5) is 0 Å². The average Bonchev–Trinajstić information content (AvgIpc) is 3.21. The molecule has 1 saturated heterocycles. The summed E-state index contributed by atoms with van der Waals surface area (Å²) in [5.74, 6) is -0.570. The van der Waals surface area contributed by atoms with Crippen molar-refractivity contribution in [2.24, 2.45) is 5.92 Å². The number of fused-ring (bicyclic) bond motifs is 1. The molecule has 1 aliphatic heterocycles. The zero-order valence-corrected chi connectivity index (χ0v) is 15.8. The molecule has 4 rings (SSSR count). The van der Waals surface area contributed by atoms with Crippen molar-refractivity contribution in [3.63, 3.8) is 0 Å². The Morgan fingerprint density at radius 1 is 1.25 bits per heavy atom. The molecule has 1 unspecified atom stereocenters. The lowest BCUT2D eigenvalue weighted by Crippen LogP contribution is -2.45. The summed E-state index contributed by atoms with van der Waals surface area (Å²) in [5, 5.41) is 10.3. The molecular formula is C18H19N5O4S. The van der Waals surface area contributed by atoms with Gasteiger partial charge in [0.15, 0.2) is 5.52 Å². The number of nitrogens with zero attached hydrogens (tertiary/aromatic N) is 4. The third-order valence-electron chi connectivity index (χ3n) is 4.81. The lowest BCUT2D eigenvalue weighted by atomic mass is 9.99. The van der Waals surface area contributed by atoms with E-state index in [1.54, 1.807) is 30.6 Å². The zero-order valence-electron chi connectivity index (χ0n) is 15.0. The van der Waals surface area contributed by atoms with Crippen molar-refractivity contribution in [2.45, 2.75) is 24.3 Å². The number of amides is 1. The summed E-state index contributed by atoms with van der Waals surface area (Å²) >= 11 is 0. The topological polar surface area (TPSA) is 118 Å². The monoisotopic (exact) mass is 401 g/mol. The highest BCUT2D eigenvalue weighted by atomic mass is 32.2. The fourth-order valence-corrected chi connectivity index (χ4v) is 5.00. The molecule has 0 aliphatic carbocycles. The lowest BCUT2D eigenvalue weighted by Gasteiger charge is -2.31. The van der Waals surface area contributed by atoms with Crippen LogP contribution < -0.4 is 5.32 Å². The number of carbonyl (C=O) groups excluding carboxylic acids is 1. The van der Waals surface area contributed by atoms with Crippen LogP contribution in [-0.2, 0) is 21.4 Å². The Morgan fingerprint density at radius 3 is 2.96 bits per heavy atom. The molecule has 146 valence electrons. The zero-order chi connectivity index (χ0) is 19.6. The van der Waals surface area contributed by atoms with Crippen LogP contribution in [0.1, 0.15) is 18.4 Å². The van der Waals surface area contributed by atoms with Crippen LogP contribution >= 0.6 is 0 Å². The minimum absolute atomic E-state index is 0.0441. The van der Waals surface area contributed by atoms with E-state index < -0.39 is 15.9 Å². The Morgan fingerprint density at radius 2 is 2.14 bits per heavy atom. The number of hydrogen-bond acceptors (Lipinski definition) is 7. The van der Waals surface area contributed by atoms with Crippen molar-refractivity contribution >= 4 is 27.0 Å². The first-order valence-electron chi connectivity index (χ1n) is 8.94. The second-order valence-corrected chi connectivity index (χ2v) is 8.58. The lowest BCUT2D eigenvalue weighted by molar-refractivity contribution is -0.126. The molecule has 1 aromatic carbocycles. The molecular weight excluding hydrogens is 382 g/mol. The number of nitrogens with one attached hydrogen (secondary N) is 1. The van der Waals surface area contributed by atoms with E-state index in [4.69, 9.17) is 0 Å². The minimum atomic E-state index is -3.81. The first-order chi connectivity index (χ1) is 13.6. The van der Waals surface area contributed by atoms with E-state index >= 15 is 0 Å². The summed E-state index contributed by atoms with van der Waals surface area (Å²) in [6.07, 6.45) is 4.60. The van der Waals surface area contributed by atoms with Crippen LogP contribution in [0.3, 0.4) is 0 Å². The van der Waals surface area contributed by atoms with Crippen molar-refractivity contribution in [1.82, 2.24) is 24.9 Å². The molecule has 0 spiro atoms. The molecule has 28 heavy (non-hydrogen) atoms. The van der Waals surface area contributed by atoms with Gasteiger partial charge in [-0.25, -0.2) is 13.0 Å². The highest BCUT2D eigenvalue weighted by Gasteiger charge is 2.34. The fraction of sp³-hybridized carbons (Fsp3) is 0.333. The molecule has 1 N–H and O–H groups in total. The van der Waals surface area contributed by atoms with Gasteiger partial charge in [-0.05, 0) is 46.9 Å². The highest BCUT2D eigenvalue weighted by Crippen LogP contribution is 2.27. The second kappa shape index (κ2) is 7.64. The molecule has 1 aliphatic rings. The summed E-state index contributed by atoms with van der Waals surface area (Å²) in [4.78, 5) is 16.6. The average molecular weight is 401 g/mol. The van der Waals surface area contributed by atoms with Crippen LogP contribution in [0.5, 0.6) is 0 Å². The number of pyridine rings is 1. The van der Waals surface area contributed by atoms with Crippen LogP contribution in [-0.4, -0.2) is 47.0 Å². The normalized spacial score (nSPS) is 18.2. The van der Waals surface area contributed by atoms with Gasteiger partial charge in [0.05, 0.1) is 5.92 Å². The molecule has 3 aromatic rings. The number of sulfonamides is 1. The van der Waals surface area contributed by atoms with Gasteiger partial charge in [0.2, 0.25) is 15.9 Å². The maximum absolute atomic E-state index is 13.1. The van der Waals surface area contributed by atoms with Crippen molar-refractivity contribution in [3.8, 4) is 0 Å². The predicted molar refractivity (Wildman–Crippen MR) is 99.4 cm³/mol. The van der Waals surface area contributed by atoms with Gasteiger partial charge in [-0.1, -0.05) is 12.1 Å². The summed E-state index contributed by atoms with van der Waals surface area (Å²) in [6.45, 7) is 0.846. The maximum Gasteiger partial charge on any atom is 0.245 e. The third kappa shape index (κ3) is 3.60. The number of hydrogen-bond donors (Lipinski definition) is 1. The quantitative estimate of drug-likeness (QED) is 0.685. The van der Waals surface area contributed by atoms with Crippen molar-refractivity contribution in [2.75, 3.05) is 13.1 Å². The van der Waals surface area contributed by atoms with Gasteiger partial charge < -0.3 is 5.32 Å². The van der Waals surface area contributed by atoms with Crippen LogP contribution in [0.2, 0.25) is 0 Å². The standard InChI is InChI=1S/C18H19N5O4S/c24-18(20-11-13-4-2-8-19-10-13)14-5-3-9-23(12-14)28(25,26)16-7-1-6-15-17(16)22-27-21-15/h1-2,4,6-8,10,14H,3,5,9,11-12H2,(H,20,24). The number of benzene rings is 1. The van der Waals surface area contributed by atoms with Crippen LogP contribution in [0.15, 0.2) is 52.3 Å². The molecule has 9 nitrogen and oxygen atoms in total. The van der Waals surface area contributed by atoms with E-state index in [1.165, 1.54) is 10.4 Å². The smallest absolute Gasteiger partial charge is 0.245 e. The number of aromatic nitrogens is 3. The first kappa shape index (κ1) is 18.5. The molecule has 0 bridgehead atoms. The van der Waals surface area contributed by atoms with Gasteiger partial charge in [0.1, 0.15) is 10.4 Å². The Kier molecular flexibility index (Phi) is 5.05. The van der Waals surface area contributed by atoms with E-state index in [0.29, 0.717) is 31.4 Å². The molecule has 1 fully saturated rings. The Hall–Kier alpha value is -2.85. The molecule has 1 atom stereocenters. The first-order valence-corrected chi connectivity index (χ1v) is 10.4. The Balaban J connectivity index is 1.48.